The maximum absolute atomic E-state index is 11.2. The normalized spacial score (nSPS) is 10.4. The Morgan fingerprint density at radius 2 is 2.36 bits per heavy atom. The van der Waals surface area contributed by atoms with E-state index in [9.17, 15) is 4.79 Å². The molecule has 0 saturated heterocycles. The van der Waals surface area contributed by atoms with Crippen molar-refractivity contribution in [1.29, 1.82) is 0 Å². The largest absolute Gasteiger partial charge is 0.347 e. The van der Waals surface area contributed by atoms with Crippen molar-refractivity contribution in [2.24, 2.45) is 7.05 Å². The molecule has 0 amide bonds. The van der Waals surface area contributed by atoms with Gasteiger partial charge in [-0.25, -0.2) is 9.78 Å². The molecule has 14 heavy (non-hydrogen) atoms. The first-order valence-electron chi connectivity index (χ1n) is 4.12. The van der Waals surface area contributed by atoms with Gasteiger partial charge >= 0.3 is 5.69 Å². The maximum atomic E-state index is 11.2. The standard InChI is InChI=1S/C8H9N5O/c1-12-5-7(10-11-12)6-13-4-2-3-9-8(13)14/h2-5H,6H2,1H3. The van der Waals surface area contributed by atoms with Crippen LogP contribution in [0.1, 0.15) is 5.69 Å². The summed E-state index contributed by atoms with van der Waals surface area (Å²) in [5.41, 5.74) is 0.459. The second kappa shape index (κ2) is 3.41. The molecule has 0 unspecified atom stereocenters. The lowest BCUT2D eigenvalue weighted by molar-refractivity contribution is 0.696. The van der Waals surface area contributed by atoms with E-state index in [-0.39, 0.29) is 5.69 Å². The highest BCUT2D eigenvalue weighted by molar-refractivity contribution is 4.94. The molecule has 6 heteroatoms. The zero-order valence-electron chi connectivity index (χ0n) is 7.66. The third kappa shape index (κ3) is 1.68. The first kappa shape index (κ1) is 8.61. The summed E-state index contributed by atoms with van der Waals surface area (Å²) in [6.45, 7) is 0.403. The minimum Gasteiger partial charge on any atom is -0.293 e. The number of aromatic nitrogens is 5. The molecule has 2 aromatic heterocycles. The van der Waals surface area contributed by atoms with Gasteiger partial charge in [-0.2, -0.15) is 0 Å². The summed E-state index contributed by atoms with van der Waals surface area (Å²) < 4.78 is 3.07. The van der Waals surface area contributed by atoms with Gasteiger partial charge in [-0.1, -0.05) is 5.21 Å². The van der Waals surface area contributed by atoms with Crippen LogP contribution < -0.4 is 5.69 Å². The van der Waals surface area contributed by atoms with Crippen LogP contribution in [-0.4, -0.2) is 24.5 Å². The first-order valence-corrected chi connectivity index (χ1v) is 4.12. The molecule has 0 bridgehead atoms. The number of aryl methyl sites for hydroxylation is 1. The average Bonchev–Trinajstić information content (AvgIpc) is 2.56. The second-order valence-electron chi connectivity index (χ2n) is 2.91. The van der Waals surface area contributed by atoms with E-state index in [2.05, 4.69) is 15.3 Å². The molecule has 0 radical (unpaired) electrons. The highest BCUT2D eigenvalue weighted by Crippen LogP contribution is 1.93. The van der Waals surface area contributed by atoms with Crippen molar-refractivity contribution in [2.45, 2.75) is 6.54 Å². The van der Waals surface area contributed by atoms with Crippen molar-refractivity contribution >= 4 is 0 Å². The zero-order valence-corrected chi connectivity index (χ0v) is 7.66. The van der Waals surface area contributed by atoms with Gasteiger partial charge in [0.1, 0.15) is 5.69 Å². The van der Waals surface area contributed by atoms with E-state index in [0.717, 1.165) is 5.69 Å². The Balaban J connectivity index is 2.27. The van der Waals surface area contributed by atoms with Crippen LogP contribution in [0.3, 0.4) is 0 Å². The summed E-state index contributed by atoms with van der Waals surface area (Å²) in [7, 11) is 1.78. The minimum atomic E-state index is -0.279. The van der Waals surface area contributed by atoms with Gasteiger partial charge < -0.3 is 0 Å². The lowest BCUT2D eigenvalue weighted by atomic mass is 10.4. The van der Waals surface area contributed by atoms with Crippen molar-refractivity contribution in [3.63, 3.8) is 0 Å². The smallest absolute Gasteiger partial charge is 0.293 e. The van der Waals surface area contributed by atoms with Gasteiger partial charge in [0.2, 0.25) is 0 Å². The molecule has 2 rings (SSSR count). The second-order valence-corrected chi connectivity index (χ2v) is 2.91. The Morgan fingerprint density at radius 1 is 1.50 bits per heavy atom. The lowest BCUT2D eigenvalue weighted by Gasteiger charge is -1.98. The van der Waals surface area contributed by atoms with E-state index in [4.69, 9.17) is 0 Å². The van der Waals surface area contributed by atoms with Crippen LogP contribution in [0.2, 0.25) is 0 Å². The van der Waals surface area contributed by atoms with Crippen molar-refractivity contribution in [2.75, 3.05) is 0 Å². The fraction of sp³-hybridized carbons (Fsp3) is 0.250. The molecule has 0 atom stereocenters. The van der Waals surface area contributed by atoms with Crippen LogP contribution in [0, 0.1) is 0 Å². The van der Waals surface area contributed by atoms with Gasteiger partial charge in [0.05, 0.1) is 6.54 Å². The lowest BCUT2D eigenvalue weighted by Crippen LogP contribution is -2.22. The van der Waals surface area contributed by atoms with E-state index in [0.29, 0.717) is 6.54 Å². The van der Waals surface area contributed by atoms with Crippen LogP contribution in [0.4, 0.5) is 0 Å². The molecule has 0 spiro atoms. The predicted octanol–water partition coefficient (Wildman–Crippen LogP) is -0.580. The Hall–Kier alpha value is -1.98. The summed E-state index contributed by atoms with van der Waals surface area (Å²) in [6.07, 6.45) is 4.90. The molecule has 2 heterocycles. The Kier molecular flexibility index (Phi) is 2.10. The van der Waals surface area contributed by atoms with E-state index in [1.165, 1.54) is 10.8 Å². The fourth-order valence-electron chi connectivity index (χ4n) is 1.15. The first-order chi connectivity index (χ1) is 6.75. The van der Waals surface area contributed by atoms with E-state index in [1.54, 1.807) is 30.2 Å². The van der Waals surface area contributed by atoms with Crippen LogP contribution >= 0.6 is 0 Å². The zero-order chi connectivity index (χ0) is 9.97. The van der Waals surface area contributed by atoms with Gasteiger partial charge in [0.25, 0.3) is 0 Å². The van der Waals surface area contributed by atoms with E-state index < -0.39 is 0 Å². The van der Waals surface area contributed by atoms with E-state index >= 15 is 0 Å². The van der Waals surface area contributed by atoms with Crippen LogP contribution in [0.5, 0.6) is 0 Å². The molecule has 6 nitrogen and oxygen atoms in total. The monoisotopic (exact) mass is 191 g/mol. The average molecular weight is 191 g/mol. The molecular formula is C8H9N5O. The maximum Gasteiger partial charge on any atom is 0.347 e. The van der Waals surface area contributed by atoms with Crippen LogP contribution in [-0.2, 0) is 13.6 Å². The number of hydrogen-bond donors (Lipinski definition) is 0. The highest BCUT2D eigenvalue weighted by Gasteiger charge is 2.00. The van der Waals surface area contributed by atoms with Crippen molar-refractivity contribution < 1.29 is 0 Å². The highest BCUT2D eigenvalue weighted by atomic mass is 16.1. The van der Waals surface area contributed by atoms with Gasteiger partial charge in [-0.3, -0.25) is 9.25 Å². The quantitative estimate of drug-likeness (QED) is 0.637. The molecule has 0 fully saturated rings. The number of hydrogen-bond acceptors (Lipinski definition) is 4. The van der Waals surface area contributed by atoms with Crippen molar-refractivity contribution in [1.82, 2.24) is 24.5 Å². The topological polar surface area (TPSA) is 65.6 Å². The molecule has 0 aromatic carbocycles. The summed E-state index contributed by atoms with van der Waals surface area (Å²) in [5.74, 6) is 0. The molecule has 0 saturated carbocycles. The molecule has 0 aliphatic carbocycles. The van der Waals surface area contributed by atoms with Crippen LogP contribution in [0.25, 0.3) is 0 Å². The molecule has 0 N–H and O–H groups in total. The Bertz CT molecular complexity index is 486. The molecule has 72 valence electrons. The third-order valence-electron chi connectivity index (χ3n) is 1.77. The van der Waals surface area contributed by atoms with Crippen LogP contribution in [0.15, 0.2) is 29.5 Å². The third-order valence-corrected chi connectivity index (χ3v) is 1.77. The number of nitrogens with zero attached hydrogens (tertiary/aromatic N) is 5. The number of rotatable bonds is 2. The summed E-state index contributed by atoms with van der Waals surface area (Å²) in [5, 5.41) is 7.65. The Morgan fingerprint density at radius 3 is 3.00 bits per heavy atom. The predicted molar refractivity (Wildman–Crippen MR) is 48.6 cm³/mol. The van der Waals surface area contributed by atoms with Gasteiger partial charge in [0.15, 0.2) is 0 Å². The molecule has 0 aliphatic heterocycles. The van der Waals surface area contributed by atoms with Gasteiger partial charge in [0, 0.05) is 25.6 Å². The Labute approximate surface area is 79.8 Å². The minimum absolute atomic E-state index is 0.279. The van der Waals surface area contributed by atoms with Crippen molar-refractivity contribution in [3.05, 3.63) is 40.8 Å². The van der Waals surface area contributed by atoms with Gasteiger partial charge in [-0.05, 0) is 6.07 Å². The molecule has 0 aliphatic rings. The molecular weight excluding hydrogens is 182 g/mol. The fourth-order valence-corrected chi connectivity index (χ4v) is 1.15. The summed E-state index contributed by atoms with van der Waals surface area (Å²) in [4.78, 5) is 14.9. The van der Waals surface area contributed by atoms with E-state index in [1.807, 2.05) is 0 Å². The van der Waals surface area contributed by atoms with Gasteiger partial charge in [-0.15, -0.1) is 5.10 Å². The summed E-state index contributed by atoms with van der Waals surface area (Å²) >= 11 is 0. The van der Waals surface area contributed by atoms with Crippen molar-refractivity contribution in [3.8, 4) is 0 Å². The molecule has 2 aromatic rings. The summed E-state index contributed by atoms with van der Waals surface area (Å²) in [6, 6.07) is 1.71. The SMILES string of the molecule is Cn1cc(Cn2cccnc2=O)nn1.